The van der Waals surface area contributed by atoms with Crippen LogP contribution in [0.15, 0.2) is 11.1 Å². The zero-order valence-electron chi connectivity index (χ0n) is 10.3. The molecule has 0 aromatic rings. The third-order valence-electron chi connectivity index (χ3n) is 3.80. The topological polar surface area (TPSA) is 57.6 Å². The number of likely N-dealkylation sites (tertiary alicyclic amines) is 1. The molecule has 0 aromatic heterocycles. The van der Waals surface area contributed by atoms with Crippen molar-refractivity contribution in [1.82, 2.24) is 4.90 Å². The molecule has 5 heteroatoms. The number of carboxylic acid groups (broad SMARTS) is 1. The molecule has 0 unspecified atom stereocenters. The lowest BCUT2D eigenvalue weighted by atomic mass is 9.81. The molecule has 1 amide bonds. The summed E-state index contributed by atoms with van der Waals surface area (Å²) >= 11 is 5.96. The van der Waals surface area contributed by atoms with Crippen molar-refractivity contribution in [1.29, 1.82) is 0 Å². The van der Waals surface area contributed by atoms with Gasteiger partial charge in [0.05, 0.1) is 11.8 Å². The third-order valence-corrected chi connectivity index (χ3v) is 4.10. The van der Waals surface area contributed by atoms with Gasteiger partial charge < -0.3 is 10.0 Å². The van der Waals surface area contributed by atoms with Crippen molar-refractivity contribution >= 4 is 23.5 Å². The molecule has 2 aliphatic rings. The van der Waals surface area contributed by atoms with E-state index in [-0.39, 0.29) is 5.91 Å². The maximum Gasteiger partial charge on any atom is 0.307 e. The average Bonchev–Trinajstić information content (AvgIpc) is 2.38. The molecule has 0 saturated carbocycles. The fraction of sp³-hybridized carbons (Fsp3) is 0.692. The van der Waals surface area contributed by atoms with Gasteiger partial charge in [-0.15, -0.1) is 0 Å². The summed E-state index contributed by atoms with van der Waals surface area (Å²) in [5.41, 5.74) is 0. The number of hydrogen-bond acceptors (Lipinski definition) is 2. The summed E-state index contributed by atoms with van der Waals surface area (Å²) in [5, 5.41) is 9.81. The summed E-state index contributed by atoms with van der Waals surface area (Å²) in [4.78, 5) is 25.4. The number of aliphatic carboxylic acids is 1. The highest BCUT2D eigenvalue weighted by atomic mass is 35.5. The first-order valence-corrected chi connectivity index (χ1v) is 6.83. The molecule has 4 nitrogen and oxygen atoms in total. The molecule has 1 fully saturated rings. The van der Waals surface area contributed by atoms with Gasteiger partial charge in [-0.25, -0.2) is 0 Å². The molecule has 0 radical (unpaired) electrons. The number of nitrogens with zero attached hydrogens (tertiary/aromatic N) is 1. The van der Waals surface area contributed by atoms with Crippen LogP contribution in [-0.4, -0.2) is 35.0 Å². The number of carboxylic acids is 1. The molecule has 1 saturated heterocycles. The Balaban J connectivity index is 2.10. The molecule has 0 spiro atoms. The van der Waals surface area contributed by atoms with Crippen LogP contribution >= 0.6 is 11.6 Å². The minimum absolute atomic E-state index is 0.0339. The number of hydrogen-bond donors (Lipinski definition) is 1. The Hall–Kier alpha value is -1.03. The Kier molecular flexibility index (Phi) is 4.27. The highest BCUT2D eigenvalue weighted by Gasteiger charge is 2.38. The van der Waals surface area contributed by atoms with E-state index in [0.29, 0.717) is 17.9 Å². The molecular weight excluding hydrogens is 254 g/mol. The van der Waals surface area contributed by atoms with Crippen LogP contribution in [0.5, 0.6) is 0 Å². The summed E-state index contributed by atoms with van der Waals surface area (Å²) in [5.74, 6) is -2.04. The number of carbonyl (C=O) groups is 2. The van der Waals surface area contributed by atoms with Crippen LogP contribution in [0.2, 0.25) is 0 Å². The smallest absolute Gasteiger partial charge is 0.307 e. The normalized spacial score (nSPS) is 28.7. The summed E-state index contributed by atoms with van der Waals surface area (Å²) in [7, 11) is 0. The first kappa shape index (κ1) is 13.4. The number of rotatable bonds is 2. The highest BCUT2D eigenvalue weighted by molar-refractivity contribution is 6.29. The lowest BCUT2D eigenvalue weighted by Gasteiger charge is -2.33. The summed E-state index contributed by atoms with van der Waals surface area (Å²) in [6.45, 7) is 1.51. The molecule has 0 bridgehead atoms. The Labute approximate surface area is 112 Å². The third kappa shape index (κ3) is 2.86. The zero-order valence-corrected chi connectivity index (χ0v) is 11.0. The van der Waals surface area contributed by atoms with Gasteiger partial charge >= 0.3 is 5.97 Å². The Bertz CT molecular complexity index is 374. The van der Waals surface area contributed by atoms with Crippen molar-refractivity contribution in [2.75, 3.05) is 13.1 Å². The zero-order chi connectivity index (χ0) is 13.1. The molecule has 1 aliphatic heterocycles. The lowest BCUT2D eigenvalue weighted by Crippen LogP contribution is -2.44. The second-order valence-electron chi connectivity index (χ2n) is 5.03. The van der Waals surface area contributed by atoms with Gasteiger partial charge in [-0.05, 0) is 32.1 Å². The van der Waals surface area contributed by atoms with Gasteiger partial charge in [0.2, 0.25) is 5.91 Å². The van der Waals surface area contributed by atoms with Gasteiger partial charge in [-0.3, -0.25) is 9.59 Å². The van der Waals surface area contributed by atoms with Gasteiger partial charge in [0.1, 0.15) is 0 Å². The van der Waals surface area contributed by atoms with E-state index in [4.69, 9.17) is 11.6 Å². The molecule has 1 aliphatic carbocycles. The number of carbonyl (C=O) groups excluding carboxylic acids is 1. The Morgan fingerprint density at radius 1 is 1.22 bits per heavy atom. The van der Waals surface area contributed by atoms with E-state index in [0.717, 1.165) is 32.4 Å². The maximum absolute atomic E-state index is 12.4. The summed E-state index contributed by atoms with van der Waals surface area (Å²) in [6, 6.07) is 0. The Morgan fingerprint density at radius 2 is 1.89 bits per heavy atom. The summed E-state index contributed by atoms with van der Waals surface area (Å²) in [6.07, 6.45) is 5.63. The molecule has 100 valence electrons. The van der Waals surface area contributed by atoms with E-state index in [9.17, 15) is 14.7 Å². The predicted molar refractivity (Wildman–Crippen MR) is 68.2 cm³/mol. The van der Waals surface area contributed by atoms with Crippen LogP contribution in [-0.2, 0) is 9.59 Å². The predicted octanol–water partition coefficient (Wildman–Crippen LogP) is 2.23. The van der Waals surface area contributed by atoms with Gasteiger partial charge in [-0.2, -0.15) is 0 Å². The monoisotopic (exact) mass is 271 g/mol. The fourth-order valence-electron chi connectivity index (χ4n) is 2.74. The molecule has 2 rings (SSSR count). The fourth-order valence-corrected chi connectivity index (χ4v) is 2.99. The van der Waals surface area contributed by atoms with E-state index in [1.807, 2.05) is 0 Å². The standard InChI is InChI=1S/C13H18ClNO3/c14-9-4-5-10(13(17)18)11(8-9)12(16)15-6-2-1-3-7-15/h4,10-11H,1-3,5-8H2,(H,17,18)/t10-,11+/m0/s1. The van der Waals surface area contributed by atoms with Crippen LogP contribution in [0.3, 0.4) is 0 Å². The second-order valence-corrected chi connectivity index (χ2v) is 5.51. The maximum atomic E-state index is 12.4. The van der Waals surface area contributed by atoms with Crippen molar-refractivity contribution < 1.29 is 14.7 Å². The quantitative estimate of drug-likeness (QED) is 0.838. The van der Waals surface area contributed by atoms with Crippen molar-refractivity contribution in [3.8, 4) is 0 Å². The van der Waals surface area contributed by atoms with Gasteiger partial charge in [0.25, 0.3) is 0 Å². The van der Waals surface area contributed by atoms with Crippen LogP contribution in [0.1, 0.15) is 32.1 Å². The number of amides is 1. The van der Waals surface area contributed by atoms with E-state index >= 15 is 0 Å². The Morgan fingerprint density at radius 3 is 2.50 bits per heavy atom. The molecular formula is C13H18ClNO3. The molecule has 2 atom stereocenters. The van der Waals surface area contributed by atoms with E-state index < -0.39 is 17.8 Å². The van der Waals surface area contributed by atoms with Crippen molar-refractivity contribution in [3.05, 3.63) is 11.1 Å². The minimum Gasteiger partial charge on any atom is -0.481 e. The first-order valence-electron chi connectivity index (χ1n) is 6.45. The summed E-state index contributed by atoms with van der Waals surface area (Å²) < 4.78 is 0. The SMILES string of the molecule is O=C(O)[C@H]1CC=C(Cl)C[C@H]1C(=O)N1CCCCC1. The number of halogens is 1. The van der Waals surface area contributed by atoms with E-state index in [2.05, 4.69) is 0 Å². The molecule has 1 N–H and O–H groups in total. The molecule has 1 heterocycles. The minimum atomic E-state index is -0.897. The molecule has 0 aromatic carbocycles. The molecule has 18 heavy (non-hydrogen) atoms. The number of piperidine rings is 1. The van der Waals surface area contributed by atoms with Crippen molar-refractivity contribution in [3.63, 3.8) is 0 Å². The van der Waals surface area contributed by atoms with Gasteiger partial charge in [0, 0.05) is 18.1 Å². The van der Waals surface area contributed by atoms with Crippen LogP contribution in [0.25, 0.3) is 0 Å². The van der Waals surface area contributed by atoms with Crippen LogP contribution in [0, 0.1) is 11.8 Å². The van der Waals surface area contributed by atoms with Crippen LogP contribution in [0.4, 0.5) is 0 Å². The van der Waals surface area contributed by atoms with Crippen LogP contribution < -0.4 is 0 Å². The number of allylic oxidation sites excluding steroid dienone is 2. The van der Waals surface area contributed by atoms with Crippen molar-refractivity contribution in [2.24, 2.45) is 11.8 Å². The average molecular weight is 272 g/mol. The van der Waals surface area contributed by atoms with Crippen molar-refractivity contribution in [2.45, 2.75) is 32.1 Å². The largest absolute Gasteiger partial charge is 0.481 e. The second kappa shape index (κ2) is 5.74. The van der Waals surface area contributed by atoms with Gasteiger partial charge in [0.15, 0.2) is 0 Å². The van der Waals surface area contributed by atoms with E-state index in [1.165, 1.54) is 0 Å². The lowest BCUT2D eigenvalue weighted by molar-refractivity contribution is -0.151. The van der Waals surface area contributed by atoms with Gasteiger partial charge in [-0.1, -0.05) is 17.7 Å². The highest BCUT2D eigenvalue weighted by Crippen LogP contribution is 2.33. The van der Waals surface area contributed by atoms with E-state index in [1.54, 1.807) is 11.0 Å². The first-order chi connectivity index (χ1) is 8.59.